The molecule has 0 saturated heterocycles. The molecule has 5 nitrogen and oxygen atoms in total. The van der Waals surface area contributed by atoms with Crippen LogP contribution in [0.4, 0.5) is 0 Å². The number of phenolic OH excluding ortho intramolecular Hbond substituents is 1. The van der Waals surface area contributed by atoms with Gasteiger partial charge in [-0.15, -0.1) is 6.58 Å². The summed E-state index contributed by atoms with van der Waals surface area (Å²) in [4.78, 5) is 13.3. The smallest absolute Gasteiger partial charge is 0.183 e. The number of ketones is 1. The van der Waals surface area contributed by atoms with E-state index >= 15 is 0 Å². The first-order valence-corrected chi connectivity index (χ1v) is 9.30. The molecule has 0 bridgehead atoms. The van der Waals surface area contributed by atoms with Crippen molar-refractivity contribution in [2.45, 2.75) is 18.2 Å². The third-order valence-electron chi connectivity index (χ3n) is 3.94. The topological polar surface area (TPSA) is 72.8 Å². The maximum absolute atomic E-state index is 12.8. The van der Waals surface area contributed by atoms with Crippen molar-refractivity contribution in [3.63, 3.8) is 0 Å². The Labute approximate surface area is 155 Å². The number of hydrogen-bond acceptors (Lipinski definition) is 5. The molecule has 1 atom stereocenters. The largest absolute Gasteiger partial charge is 0.507 e. The molecular weight excluding hydrogens is 352 g/mol. The molecule has 26 heavy (non-hydrogen) atoms. The van der Waals surface area contributed by atoms with Crippen LogP contribution in [0.1, 0.15) is 21.5 Å². The summed E-state index contributed by atoms with van der Waals surface area (Å²) in [6.45, 7) is 5.58. The Hall–Kier alpha value is -2.60. The van der Waals surface area contributed by atoms with Crippen LogP contribution in [-0.2, 0) is 17.2 Å². The lowest BCUT2D eigenvalue weighted by Crippen LogP contribution is -2.13. The molecule has 0 heterocycles. The van der Waals surface area contributed by atoms with Crippen LogP contribution < -0.4 is 9.47 Å². The Morgan fingerprint density at radius 1 is 1.19 bits per heavy atom. The van der Waals surface area contributed by atoms with Crippen LogP contribution in [0.3, 0.4) is 0 Å². The van der Waals surface area contributed by atoms with Gasteiger partial charge in [0.05, 0.1) is 30.8 Å². The first-order valence-electron chi connectivity index (χ1n) is 7.98. The van der Waals surface area contributed by atoms with E-state index in [0.29, 0.717) is 22.6 Å². The van der Waals surface area contributed by atoms with E-state index in [9.17, 15) is 14.1 Å². The maximum Gasteiger partial charge on any atom is 0.183 e. The van der Waals surface area contributed by atoms with Gasteiger partial charge in [0.2, 0.25) is 0 Å². The lowest BCUT2D eigenvalue weighted by atomic mass is 10.0. The molecule has 2 aromatic carbocycles. The van der Waals surface area contributed by atoms with Gasteiger partial charge in [0.1, 0.15) is 22.8 Å². The number of ether oxygens (including phenoxy) is 2. The number of methoxy groups -OCH3 is 2. The molecule has 2 aromatic rings. The van der Waals surface area contributed by atoms with Gasteiger partial charge < -0.3 is 14.6 Å². The minimum Gasteiger partial charge on any atom is -0.507 e. The van der Waals surface area contributed by atoms with Crippen LogP contribution in [0.15, 0.2) is 47.9 Å². The van der Waals surface area contributed by atoms with Crippen molar-refractivity contribution in [2.24, 2.45) is 0 Å². The summed E-state index contributed by atoms with van der Waals surface area (Å²) in [6, 6.07) is 8.68. The van der Waals surface area contributed by atoms with Gasteiger partial charge in [0.25, 0.3) is 0 Å². The fourth-order valence-electron chi connectivity index (χ4n) is 2.58. The molecule has 0 aliphatic rings. The molecule has 0 spiro atoms. The lowest BCUT2D eigenvalue weighted by molar-refractivity contribution is 0.101. The highest BCUT2D eigenvalue weighted by Crippen LogP contribution is 2.39. The second-order valence-electron chi connectivity index (χ2n) is 5.70. The van der Waals surface area contributed by atoms with Gasteiger partial charge in [-0.1, -0.05) is 23.8 Å². The number of carbonyl (C=O) groups is 1. The Morgan fingerprint density at radius 2 is 1.81 bits per heavy atom. The standard InChI is InChI=1S/C20H22O5S/c1-5-6-15-17(24-3)11-18(25-4)19(20(15)22)16(21)12-26(23)14-9-7-13(2)8-10-14/h5,7-11,22H,1,6,12H2,2-4H3/t26-/m0/s1. The quantitative estimate of drug-likeness (QED) is 0.566. The number of benzene rings is 2. The van der Waals surface area contributed by atoms with Crippen LogP contribution in [-0.4, -0.2) is 35.1 Å². The van der Waals surface area contributed by atoms with E-state index in [1.165, 1.54) is 14.2 Å². The second-order valence-corrected chi connectivity index (χ2v) is 7.15. The number of phenols is 1. The number of rotatable bonds is 8. The molecule has 0 fully saturated rings. The number of hydrogen-bond donors (Lipinski definition) is 1. The van der Waals surface area contributed by atoms with Gasteiger partial charge in [-0.3, -0.25) is 9.00 Å². The normalized spacial score (nSPS) is 11.7. The molecule has 0 amide bonds. The lowest BCUT2D eigenvalue weighted by Gasteiger charge is -2.16. The van der Waals surface area contributed by atoms with Gasteiger partial charge in [-0.05, 0) is 25.5 Å². The fourth-order valence-corrected chi connectivity index (χ4v) is 3.57. The highest BCUT2D eigenvalue weighted by atomic mass is 32.2. The zero-order chi connectivity index (χ0) is 19.3. The number of aromatic hydroxyl groups is 1. The van der Waals surface area contributed by atoms with Crippen LogP contribution in [0.25, 0.3) is 0 Å². The summed E-state index contributed by atoms with van der Waals surface area (Å²) in [5.41, 5.74) is 1.49. The molecule has 0 unspecified atom stereocenters. The van der Waals surface area contributed by atoms with Crippen molar-refractivity contribution in [1.82, 2.24) is 0 Å². The average molecular weight is 374 g/mol. The molecule has 0 aromatic heterocycles. The van der Waals surface area contributed by atoms with Crippen molar-refractivity contribution in [1.29, 1.82) is 0 Å². The molecule has 2 rings (SSSR count). The molecule has 138 valence electrons. The summed E-state index contributed by atoms with van der Waals surface area (Å²) < 4.78 is 23.0. The van der Waals surface area contributed by atoms with E-state index < -0.39 is 16.6 Å². The van der Waals surface area contributed by atoms with E-state index in [1.807, 2.05) is 19.1 Å². The first kappa shape index (κ1) is 19.7. The van der Waals surface area contributed by atoms with Crippen molar-refractivity contribution < 1.29 is 23.6 Å². The highest BCUT2D eigenvalue weighted by Gasteiger charge is 2.25. The van der Waals surface area contributed by atoms with Crippen LogP contribution in [0.2, 0.25) is 0 Å². The van der Waals surface area contributed by atoms with E-state index in [1.54, 1.807) is 24.3 Å². The number of allylic oxidation sites excluding steroid dienone is 1. The van der Waals surface area contributed by atoms with Crippen molar-refractivity contribution in [3.05, 3.63) is 59.7 Å². The van der Waals surface area contributed by atoms with E-state index in [-0.39, 0.29) is 22.8 Å². The predicted octanol–water partition coefficient (Wildman–Crippen LogP) is 3.44. The van der Waals surface area contributed by atoms with E-state index in [2.05, 4.69) is 6.58 Å². The van der Waals surface area contributed by atoms with Crippen molar-refractivity contribution in [3.8, 4) is 17.2 Å². The van der Waals surface area contributed by atoms with Crippen molar-refractivity contribution in [2.75, 3.05) is 20.0 Å². The number of Topliss-reactive ketones (excluding diaryl/α,β-unsaturated/α-hetero) is 1. The van der Waals surface area contributed by atoms with Gasteiger partial charge in [-0.25, -0.2) is 0 Å². The van der Waals surface area contributed by atoms with Crippen LogP contribution in [0.5, 0.6) is 17.2 Å². The summed E-state index contributed by atoms with van der Waals surface area (Å²) in [5, 5.41) is 10.6. The van der Waals surface area contributed by atoms with Gasteiger partial charge >= 0.3 is 0 Å². The summed E-state index contributed by atoms with van der Waals surface area (Å²) in [7, 11) is 1.34. The summed E-state index contributed by atoms with van der Waals surface area (Å²) in [5.74, 6) is -0.376. The first-order chi connectivity index (χ1) is 12.4. The number of aryl methyl sites for hydroxylation is 1. The second kappa shape index (κ2) is 8.67. The van der Waals surface area contributed by atoms with E-state index in [4.69, 9.17) is 9.47 Å². The van der Waals surface area contributed by atoms with Crippen LogP contribution in [0, 0.1) is 6.92 Å². The molecule has 1 N–H and O–H groups in total. The monoisotopic (exact) mass is 374 g/mol. The number of carbonyl (C=O) groups excluding carboxylic acids is 1. The Balaban J connectivity index is 2.40. The molecule has 0 radical (unpaired) electrons. The summed E-state index contributed by atoms with van der Waals surface area (Å²) in [6.07, 6.45) is 1.92. The molecular formula is C20H22O5S. The third kappa shape index (κ3) is 4.14. The fraction of sp³-hybridized carbons (Fsp3) is 0.250. The maximum atomic E-state index is 12.8. The zero-order valence-electron chi connectivity index (χ0n) is 15.1. The predicted molar refractivity (Wildman–Crippen MR) is 102 cm³/mol. The molecule has 6 heteroatoms. The Kier molecular flexibility index (Phi) is 6.58. The molecule has 0 saturated carbocycles. The van der Waals surface area contributed by atoms with Crippen molar-refractivity contribution >= 4 is 16.6 Å². The zero-order valence-corrected chi connectivity index (χ0v) is 15.9. The molecule has 0 aliphatic heterocycles. The van der Waals surface area contributed by atoms with Gasteiger partial charge in [0, 0.05) is 16.5 Å². The Morgan fingerprint density at radius 3 is 2.35 bits per heavy atom. The van der Waals surface area contributed by atoms with Gasteiger partial charge in [-0.2, -0.15) is 0 Å². The van der Waals surface area contributed by atoms with E-state index in [0.717, 1.165) is 5.56 Å². The minimum atomic E-state index is -1.53. The Bertz CT molecular complexity index is 840. The van der Waals surface area contributed by atoms with Crippen LogP contribution >= 0.6 is 0 Å². The highest BCUT2D eigenvalue weighted by molar-refractivity contribution is 7.85. The van der Waals surface area contributed by atoms with Gasteiger partial charge in [0.15, 0.2) is 5.78 Å². The SMILES string of the molecule is C=CCc1c(OC)cc(OC)c(C(=O)C[S@](=O)c2ccc(C)cc2)c1O. The third-order valence-corrected chi connectivity index (χ3v) is 5.26. The summed E-state index contributed by atoms with van der Waals surface area (Å²) >= 11 is 0. The molecule has 0 aliphatic carbocycles. The minimum absolute atomic E-state index is 0.00520. The average Bonchev–Trinajstić information content (AvgIpc) is 2.63.